The summed E-state index contributed by atoms with van der Waals surface area (Å²) in [6.07, 6.45) is 15.5. The van der Waals surface area contributed by atoms with E-state index in [-0.39, 0.29) is 25.0 Å². The molecule has 1 heterocycles. The number of rotatable bonds is 14. The second-order valence-electron chi connectivity index (χ2n) is 14.8. The van der Waals surface area contributed by atoms with Gasteiger partial charge in [-0.25, -0.2) is 14.4 Å². The summed E-state index contributed by atoms with van der Waals surface area (Å²) in [7, 11) is 0. The van der Waals surface area contributed by atoms with Crippen molar-refractivity contribution in [1.29, 1.82) is 0 Å². The number of hydrogen-bond donors (Lipinski definition) is 1. The standard InChI is InChI=1S/C19H31NO4.C13H15NO5.C6H15N/c1-8-9-10-11-13-12-14(13)23-17(22)20-15(18(2,3)4)16(21)24-19(5,6)7;1-2-3-4-5-9-8-10(9)18-13(17)19-14-11(15)6-7-12(14)16;1-4-7(5-2)6-3/h1,13-15H,9-12H2,2-7H3,(H,20,22);1,9-10H,3-8H2;4-6H2,1-3H3/t13-,14?,15-;9-,10?;/m11./s1. The summed E-state index contributed by atoms with van der Waals surface area (Å²) in [6.45, 7) is 21.2. The van der Waals surface area contributed by atoms with Crippen molar-refractivity contribution < 1.29 is 43.0 Å². The number of imide groups is 1. The van der Waals surface area contributed by atoms with Crippen LogP contribution < -0.4 is 5.32 Å². The zero-order valence-electron chi connectivity index (χ0n) is 31.8. The Balaban J connectivity index is 0.000000427. The number of esters is 1. The quantitative estimate of drug-likeness (QED) is 0.0710. The highest BCUT2D eigenvalue weighted by Gasteiger charge is 2.43. The number of ether oxygens (including phenoxy) is 3. The average Bonchev–Trinajstić information content (AvgIpc) is 3.93. The molecule has 282 valence electrons. The van der Waals surface area contributed by atoms with Crippen LogP contribution in [0.3, 0.4) is 0 Å². The fourth-order valence-corrected chi connectivity index (χ4v) is 5.10. The molecule has 12 heteroatoms. The zero-order valence-corrected chi connectivity index (χ0v) is 31.8. The predicted octanol–water partition coefficient (Wildman–Crippen LogP) is 6.40. The summed E-state index contributed by atoms with van der Waals surface area (Å²) in [5.74, 6) is 4.39. The molecule has 2 saturated carbocycles. The van der Waals surface area contributed by atoms with Gasteiger partial charge in [0.1, 0.15) is 23.9 Å². The van der Waals surface area contributed by atoms with Crippen LogP contribution in [-0.2, 0) is 33.4 Å². The highest BCUT2D eigenvalue weighted by molar-refractivity contribution is 6.01. The normalized spacial score (nSPS) is 21.2. The SMILES string of the molecule is C#CCCC[C@@H]1CC1OC(=O)N[C@H](C(=O)OC(C)(C)C)C(C)(C)C.C#CCCC[C@@H]1CC1OC(=O)ON1C(=O)CCC1=O.CCN(CC)CC. The highest BCUT2D eigenvalue weighted by atomic mass is 16.8. The number of alkyl carbamates (subject to hydrolysis) is 1. The molecule has 0 radical (unpaired) electrons. The van der Waals surface area contributed by atoms with Crippen LogP contribution in [0.5, 0.6) is 0 Å². The summed E-state index contributed by atoms with van der Waals surface area (Å²) in [6, 6.07) is -0.761. The average molecular weight is 704 g/mol. The third kappa shape index (κ3) is 17.8. The van der Waals surface area contributed by atoms with Crippen LogP contribution in [0.25, 0.3) is 0 Å². The fourth-order valence-electron chi connectivity index (χ4n) is 5.10. The Hall–Kier alpha value is -3.77. The second-order valence-corrected chi connectivity index (χ2v) is 14.8. The van der Waals surface area contributed by atoms with Crippen molar-refractivity contribution in [1.82, 2.24) is 15.3 Å². The summed E-state index contributed by atoms with van der Waals surface area (Å²) < 4.78 is 15.8. The molecule has 5 atom stereocenters. The van der Waals surface area contributed by atoms with Gasteiger partial charge in [0.25, 0.3) is 11.8 Å². The van der Waals surface area contributed by atoms with Gasteiger partial charge in [0.05, 0.1) is 0 Å². The first-order valence-electron chi connectivity index (χ1n) is 17.9. The minimum absolute atomic E-state index is 0.0676. The van der Waals surface area contributed by atoms with E-state index in [9.17, 15) is 24.0 Å². The molecule has 3 rings (SSSR count). The number of unbranched alkanes of at least 4 members (excludes halogenated alkanes) is 2. The van der Waals surface area contributed by atoms with Gasteiger partial charge in [0, 0.05) is 25.7 Å². The van der Waals surface area contributed by atoms with Crippen LogP contribution in [0.1, 0.15) is 127 Å². The number of hydroxylamine groups is 2. The molecule has 0 spiro atoms. The van der Waals surface area contributed by atoms with Gasteiger partial charge in [-0.2, -0.15) is 0 Å². The van der Waals surface area contributed by atoms with Crippen LogP contribution in [0.4, 0.5) is 9.59 Å². The molecule has 0 aromatic heterocycles. The molecule has 0 bridgehead atoms. The lowest BCUT2D eigenvalue weighted by molar-refractivity contribution is -0.177. The number of nitrogens with one attached hydrogen (secondary N) is 1. The molecule has 1 saturated heterocycles. The van der Waals surface area contributed by atoms with E-state index in [4.69, 9.17) is 27.1 Å². The fraction of sp³-hybridized carbons (Fsp3) is 0.763. The van der Waals surface area contributed by atoms with Gasteiger partial charge in [-0.15, -0.1) is 24.7 Å². The molecule has 3 amide bonds. The van der Waals surface area contributed by atoms with Crippen LogP contribution in [0.2, 0.25) is 0 Å². The third-order valence-corrected chi connectivity index (χ3v) is 8.30. The summed E-state index contributed by atoms with van der Waals surface area (Å²) in [4.78, 5) is 65.3. The summed E-state index contributed by atoms with van der Waals surface area (Å²) in [5.41, 5.74) is -1.08. The van der Waals surface area contributed by atoms with Gasteiger partial charge in [-0.05, 0) is 96.2 Å². The molecule has 12 nitrogen and oxygen atoms in total. The Bertz CT molecular complexity index is 1180. The Morgan fingerprint density at radius 1 is 0.840 bits per heavy atom. The molecule has 1 aliphatic heterocycles. The highest BCUT2D eigenvalue weighted by Crippen LogP contribution is 2.39. The third-order valence-electron chi connectivity index (χ3n) is 8.30. The van der Waals surface area contributed by atoms with E-state index < -0.39 is 47.1 Å². The maximum Gasteiger partial charge on any atom is 0.534 e. The minimum atomic E-state index is -0.993. The van der Waals surface area contributed by atoms with E-state index in [1.807, 2.05) is 20.8 Å². The molecular weight excluding hydrogens is 642 g/mol. The van der Waals surface area contributed by atoms with Crippen molar-refractivity contribution in [3.05, 3.63) is 0 Å². The van der Waals surface area contributed by atoms with E-state index in [0.29, 0.717) is 23.3 Å². The molecule has 2 unspecified atom stereocenters. The van der Waals surface area contributed by atoms with Crippen LogP contribution in [0, 0.1) is 41.9 Å². The van der Waals surface area contributed by atoms with Gasteiger partial charge < -0.3 is 24.4 Å². The minimum Gasteiger partial charge on any atom is -0.458 e. The van der Waals surface area contributed by atoms with Gasteiger partial charge in [-0.1, -0.05) is 46.6 Å². The van der Waals surface area contributed by atoms with Crippen molar-refractivity contribution in [2.24, 2.45) is 17.3 Å². The van der Waals surface area contributed by atoms with E-state index in [1.54, 1.807) is 20.8 Å². The first-order valence-corrected chi connectivity index (χ1v) is 17.9. The zero-order chi connectivity index (χ0) is 38.1. The van der Waals surface area contributed by atoms with Crippen LogP contribution in [-0.4, -0.2) is 83.5 Å². The summed E-state index contributed by atoms with van der Waals surface area (Å²) in [5, 5.41) is 3.15. The second kappa shape index (κ2) is 21.4. The lowest BCUT2D eigenvalue weighted by Gasteiger charge is -2.32. The number of amides is 3. The maximum absolute atomic E-state index is 12.4. The van der Waals surface area contributed by atoms with Crippen molar-refractivity contribution in [3.8, 4) is 24.7 Å². The topological polar surface area (TPSA) is 141 Å². The number of hydrogen-bond acceptors (Lipinski definition) is 10. The first kappa shape index (κ1) is 44.3. The van der Waals surface area contributed by atoms with Crippen LogP contribution >= 0.6 is 0 Å². The number of nitrogens with zero attached hydrogens (tertiary/aromatic N) is 2. The van der Waals surface area contributed by atoms with Crippen molar-refractivity contribution in [2.75, 3.05) is 19.6 Å². The molecule has 0 aromatic carbocycles. The largest absolute Gasteiger partial charge is 0.534 e. The molecular formula is C38H61N3O9. The maximum atomic E-state index is 12.4. The molecule has 50 heavy (non-hydrogen) atoms. The number of carbonyl (C=O) groups is 5. The van der Waals surface area contributed by atoms with Gasteiger partial charge in [-0.3, -0.25) is 14.4 Å². The lowest BCUT2D eigenvalue weighted by Crippen LogP contribution is -2.51. The van der Waals surface area contributed by atoms with Gasteiger partial charge in [0.2, 0.25) is 0 Å². The number of terminal acetylenes is 2. The monoisotopic (exact) mass is 703 g/mol. The number of carbonyl (C=O) groups excluding carboxylic acids is 5. The van der Waals surface area contributed by atoms with Gasteiger partial charge in [0.15, 0.2) is 0 Å². The Morgan fingerprint density at radius 3 is 1.68 bits per heavy atom. The Morgan fingerprint density at radius 2 is 1.30 bits per heavy atom. The first-order chi connectivity index (χ1) is 23.4. The Labute approximate surface area is 300 Å². The van der Waals surface area contributed by atoms with E-state index in [2.05, 4.69) is 47.7 Å². The van der Waals surface area contributed by atoms with Crippen molar-refractivity contribution >= 4 is 30.0 Å². The van der Waals surface area contributed by atoms with E-state index in [0.717, 1.165) is 44.9 Å². The Kier molecular flexibility index (Phi) is 19.0. The molecule has 1 N–H and O–H groups in total. The smallest absolute Gasteiger partial charge is 0.458 e. The van der Waals surface area contributed by atoms with E-state index in [1.165, 1.54) is 19.6 Å². The molecule has 0 aromatic rings. The van der Waals surface area contributed by atoms with Gasteiger partial charge >= 0.3 is 18.2 Å². The van der Waals surface area contributed by atoms with Crippen LogP contribution in [0.15, 0.2) is 0 Å². The predicted molar refractivity (Wildman–Crippen MR) is 190 cm³/mol. The molecule has 3 aliphatic rings. The lowest BCUT2D eigenvalue weighted by atomic mass is 9.86. The molecule has 2 aliphatic carbocycles. The summed E-state index contributed by atoms with van der Waals surface area (Å²) >= 11 is 0. The van der Waals surface area contributed by atoms with Crippen molar-refractivity contribution in [2.45, 2.75) is 150 Å². The molecule has 3 fully saturated rings. The van der Waals surface area contributed by atoms with Crippen molar-refractivity contribution in [3.63, 3.8) is 0 Å². The van der Waals surface area contributed by atoms with E-state index >= 15 is 0 Å².